The smallest absolute Gasteiger partial charge is 0.338 e. The summed E-state index contributed by atoms with van der Waals surface area (Å²) in [5.74, 6) is -4.68. The van der Waals surface area contributed by atoms with Gasteiger partial charge in [-0.15, -0.1) is 0 Å². The second-order valence-corrected chi connectivity index (χ2v) is 4.72. The fourth-order valence-electron chi connectivity index (χ4n) is 0.936. The topological polar surface area (TPSA) is 141 Å². The van der Waals surface area contributed by atoms with Crippen molar-refractivity contribution in [3.05, 3.63) is 0 Å². The zero-order valence-electron chi connectivity index (χ0n) is 9.67. The molecule has 0 bridgehead atoms. The molecule has 0 saturated heterocycles. The van der Waals surface area contributed by atoms with Gasteiger partial charge in [0.1, 0.15) is 0 Å². The third-order valence-corrected chi connectivity index (χ3v) is 2.77. The van der Waals surface area contributed by atoms with Gasteiger partial charge in [0.15, 0.2) is 16.8 Å². The highest BCUT2D eigenvalue weighted by molar-refractivity contribution is 8.14. The molecule has 18 heavy (non-hydrogen) atoms. The lowest BCUT2D eigenvalue weighted by Crippen LogP contribution is -2.59. The van der Waals surface area contributed by atoms with Crippen LogP contribution in [0, 0.1) is 0 Å². The normalized spacial score (nSPS) is 15.3. The Morgan fingerprint density at radius 2 is 1.78 bits per heavy atom. The van der Waals surface area contributed by atoms with E-state index < -0.39 is 29.5 Å². The molecule has 0 fully saturated rings. The van der Waals surface area contributed by atoms with Crippen LogP contribution >= 0.6 is 11.8 Å². The van der Waals surface area contributed by atoms with Crippen molar-refractivity contribution < 1.29 is 34.5 Å². The van der Waals surface area contributed by atoms with Gasteiger partial charge in [-0.25, -0.2) is 9.59 Å². The van der Waals surface area contributed by atoms with E-state index in [4.69, 9.17) is 10.2 Å². The number of rotatable bonds is 6. The molecule has 1 unspecified atom stereocenters. The number of carboxylic acid groups (broad SMARTS) is 2. The molecule has 0 radical (unpaired) electrons. The van der Waals surface area contributed by atoms with E-state index in [1.54, 1.807) is 0 Å². The van der Waals surface area contributed by atoms with Gasteiger partial charge in [0.2, 0.25) is 5.91 Å². The lowest BCUT2D eigenvalue weighted by molar-refractivity contribution is -0.168. The Kier molecular flexibility index (Phi) is 5.79. The molecule has 0 spiro atoms. The molecule has 0 aliphatic rings. The molecule has 2 atom stereocenters. The van der Waals surface area contributed by atoms with Crippen LogP contribution in [0.5, 0.6) is 0 Å². The zero-order valence-corrected chi connectivity index (χ0v) is 10.5. The molecular formula is C9H13NO7S. The molecule has 0 aromatic carbocycles. The SMILES string of the molecule is CC(=O)SCC(=O)NC(C(=O)O)[C@](C)(O)C(=O)O. The van der Waals surface area contributed by atoms with E-state index in [0.717, 1.165) is 6.92 Å². The van der Waals surface area contributed by atoms with E-state index in [1.807, 2.05) is 5.32 Å². The van der Waals surface area contributed by atoms with Crippen molar-refractivity contribution >= 4 is 34.7 Å². The predicted octanol–water partition coefficient (Wildman–Crippen LogP) is -1.33. The van der Waals surface area contributed by atoms with E-state index in [9.17, 15) is 24.3 Å². The predicted molar refractivity (Wildman–Crippen MR) is 61.0 cm³/mol. The Morgan fingerprint density at radius 1 is 1.28 bits per heavy atom. The maximum atomic E-state index is 11.3. The summed E-state index contributed by atoms with van der Waals surface area (Å²) >= 11 is 0.639. The lowest BCUT2D eigenvalue weighted by atomic mass is 9.96. The van der Waals surface area contributed by atoms with Crippen LogP contribution < -0.4 is 5.32 Å². The third kappa shape index (κ3) is 4.72. The summed E-state index contributed by atoms with van der Waals surface area (Å²) < 4.78 is 0. The van der Waals surface area contributed by atoms with Crippen LogP contribution in [-0.2, 0) is 19.2 Å². The van der Waals surface area contributed by atoms with Crippen molar-refractivity contribution in [3.63, 3.8) is 0 Å². The average Bonchev–Trinajstić information content (AvgIpc) is 2.21. The maximum Gasteiger partial charge on any atom is 0.338 e. The monoisotopic (exact) mass is 279 g/mol. The molecule has 0 rings (SSSR count). The minimum atomic E-state index is -2.65. The summed E-state index contributed by atoms with van der Waals surface area (Å²) in [6, 6.07) is -2.00. The van der Waals surface area contributed by atoms with Gasteiger partial charge in [-0.1, -0.05) is 11.8 Å². The molecule has 0 saturated carbocycles. The Morgan fingerprint density at radius 3 is 2.11 bits per heavy atom. The highest BCUT2D eigenvalue weighted by Crippen LogP contribution is 2.11. The highest BCUT2D eigenvalue weighted by Gasteiger charge is 2.45. The van der Waals surface area contributed by atoms with Crippen molar-refractivity contribution in [2.75, 3.05) is 5.75 Å². The first-order valence-electron chi connectivity index (χ1n) is 4.70. The molecular weight excluding hydrogens is 266 g/mol. The van der Waals surface area contributed by atoms with Crippen LogP contribution in [0.1, 0.15) is 13.8 Å². The van der Waals surface area contributed by atoms with Crippen molar-refractivity contribution in [2.45, 2.75) is 25.5 Å². The van der Waals surface area contributed by atoms with Crippen molar-refractivity contribution in [3.8, 4) is 0 Å². The van der Waals surface area contributed by atoms with Gasteiger partial charge >= 0.3 is 11.9 Å². The zero-order chi connectivity index (χ0) is 14.5. The van der Waals surface area contributed by atoms with E-state index >= 15 is 0 Å². The van der Waals surface area contributed by atoms with Crippen molar-refractivity contribution in [2.24, 2.45) is 0 Å². The van der Waals surface area contributed by atoms with E-state index in [0.29, 0.717) is 11.8 Å². The molecule has 8 nitrogen and oxygen atoms in total. The Hall–Kier alpha value is -1.61. The van der Waals surface area contributed by atoms with Crippen LogP contribution in [0.2, 0.25) is 0 Å². The fraction of sp³-hybridized carbons (Fsp3) is 0.556. The standard InChI is InChI=1S/C9H13NO7S/c1-4(11)18-3-5(12)10-6(7(13)14)9(2,17)8(15)16/h6,17H,3H2,1-2H3,(H,10,12)(H,13,14)(H,15,16)/t6?,9-/m0/s1. The molecule has 0 heterocycles. The third-order valence-electron chi connectivity index (χ3n) is 1.95. The Labute approximate surface area is 106 Å². The molecule has 102 valence electrons. The van der Waals surface area contributed by atoms with Crippen molar-refractivity contribution in [1.82, 2.24) is 5.32 Å². The minimum Gasteiger partial charge on any atom is -0.480 e. The van der Waals surface area contributed by atoms with Gasteiger partial charge in [-0.2, -0.15) is 0 Å². The largest absolute Gasteiger partial charge is 0.480 e. The molecule has 0 aromatic rings. The molecule has 1 amide bonds. The fourth-order valence-corrected chi connectivity index (χ4v) is 1.35. The summed E-state index contributed by atoms with van der Waals surface area (Å²) in [7, 11) is 0. The van der Waals surface area contributed by atoms with E-state index in [2.05, 4.69) is 0 Å². The first-order valence-corrected chi connectivity index (χ1v) is 5.69. The van der Waals surface area contributed by atoms with Crippen molar-refractivity contribution in [1.29, 1.82) is 0 Å². The summed E-state index contributed by atoms with van der Waals surface area (Å²) in [4.78, 5) is 43.4. The first kappa shape index (κ1) is 16.4. The number of nitrogens with one attached hydrogen (secondary N) is 1. The van der Waals surface area contributed by atoms with Gasteiger partial charge in [-0.05, 0) is 6.92 Å². The van der Waals surface area contributed by atoms with Crippen LogP contribution in [0.25, 0.3) is 0 Å². The van der Waals surface area contributed by atoms with Gasteiger partial charge in [0.05, 0.1) is 5.75 Å². The quantitative estimate of drug-likeness (QED) is 0.468. The second-order valence-electron chi connectivity index (χ2n) is 3.57. The molecule has 9 heteroatoms. The lowest BCUT2D eigenvalue weighted by Gasteiger charge is -2.26. The molecule has 4 N–H and O–H groups in total. The van der Waals surface area contributed by atoms with E-state index in [1.165, 1.54) is 6.92 Å². The summed E-state index contributed by atoms with van der Waals surface area (Å²) in [6.07, 6.45) is 0. The minimum absolute atomic E-state index is 0.345. The summed E-state index contributed by atoms with van der Waals surface area (Å²) in [6.45, 7) is 1.98. The molecule has 0 aliphatic heterocycles. The summed E-state index contributed by atoms with van der Waals surface area (Å²) in [5, 5.41) is 28.4. The number of carbonyl (C=O) groups excluding carboxylic acids is 2. The van der Waals surface area contributed by atoms with Gasteiger partial charge in [-0.3, -0.25) is 9.59 Å². The number of aliphatic carboxylic acids is 2. The second kappa shape index (κ2) is 6.36. The number of hydrogen-bond acceptors (Lipinski definition) is 6. The average molecular weight is 279 g/mol. The van der Waals surface area contributed by atoms with Gasteiger partial charge in [0.25, 0.3) is 0 Å². The molecule has 0 aliphatic carbocycles. The highest BCUT2D eigenvalue weighted by atomic mass is 32.2. The Balaban J connectivity index is 4.75. The number of amides is 1. The molecule has 0 aromatic heterocycles. The van der Waals surface area contributed by atoms with E-state index in [-0.39, 0.29) is 10.9 Å². The maximum absolute atomic E-state index is 11.3. The Bertz CT molecular complexity index is 379. The van der Waals surface area contributed by atoms with Crippen LogP contribution in [0.3, 0.4) is 0 Å². The van der Waals surface area contributed by atoms with Crippen LogP contribution in [0.15, 0.2) is 0 Å². The number of carboxylic acids is 2. The first-order chi connectivity index (χ1) is 8.09. The van der Waals surface area contributed by atoms with Gasteiger partial charge in [0, 0.05) is 6.92 Å². The van der Waals surface area contributed by atoms with Crippen LogP contribution in [-0.4, -0.2) is 55.7 Å². The number of thioether (sulfide) groups is 1. The van der Waals surface area contributed by atoms with Gasteiger partial charge < -0.3 is 20.6 Å². The number of hydrogen-bond donors (Lipinski definition) is 4. The number of aliphatic hydroxyl groups is 1. The summed E-state index contributed by atoms with van der Waals surface area (Å²) in [5.41, 5.74) is -2.65. The number of carbonyl (C=O) groups is 4. The van der Waals surface area contributed by atoms with Crippen LogP contribution in [0.4, 0.5) is 0 Å².